The molecule has 0 radical (unpaired) electrons. The van der Waals surface area contributed by atoms with Gasteiger partial charge in [-0.15, -0.1) is 6.42 Å². The Morgan fingerprint density at radius 2 is 1.88 bits per heavy atom. The highest BCUT2D eigenvalue weighted by molar-refractivity contribution is 8.16. The zero-order chi connectivity index (χ0) is 18.2. The molecule has 2 fully saturated rings. The summed E-state index contributed by atoms with van der Waals surface area (Å²) in [6.45, 7) is 12.6. The lowest BCUT2D eigenvalue weighted by Crippen LogP contribution is -2.09. The SMILES string of the molecule is C#CC(C(=C)C1CCC(=C)C1)=S1CCCC1.CCc1ccc(C)cc1. The number of terminal acetylenes is 1. The Bertz CT molecular complexity index is 674. The third-order valence-electron chi connectivity index (χ3n) is 5.15. The van der Waals surface area contributed by atoms with E-state index in [2.05, 4.69) is 57.2 Å². The van der Waals surface area contributed by atoms with Crippen molar-refractivity contribution < 1.29 is 0 Å². The predicted octanol–water partition coefficient (Wildman–Crippen LogP) is 6.32. The first-order valence-corrected chi connectivity index (χ1v) is 11.0. The molecule has 134 valence electrons. The maximum atomic E-state index is 5.69. The van der Waals surface area contributed by atoms with Gasteiger partial charge in [-0.2, -0.15) is 10.5 Å². The predicted molar refractivity (Wildman–Crippen MR) is 117 cm³/mol. The molecule has 1 heterocycles. The molecule has 2 aliphatic rings. The van der Waals surface area contributed by atoms with Gasteiger partial charge < -0.3 is 0 Å². The van der Waals surface area contributed by atoms with Gasteiger partial charge in [0.25, 0.3) is 0 Å². The van der Waals surface area contributed by atoms with Gasteiger partial charge >= 0.3 is 0 Å². The van der Waals surface area contributed by atoms with E-state index in [1.807, 2.05) is 0 Å². The Labute approximate surface area is 157 Å². The Morgan fingerprint density at radius 1 is 1.24 bits per heavy atom. The Hall–Kier alpha value is -1.52. The largest absolute Gasteiger partial charge is 0.170 e. The quantitative estimate of drug-likeness (QED) is 0.258. The van der Waals surface area contributed by atoms with E-state index in [4.69, 9.17) is 6.42 Å². The molecule has 1 saturated heterocycles. The molecule has 0 amide bonds. The molecule has 1 unspecified atom stereocenters. The Kier molecular flexibility index (Phi) is 7.79. The van der Waals surface area contributed by atoms with Crippen molar-refractivity contribution in [2.24, 2.45) is 5.92 Å². The lowest BCUT2D eigenvalue weighted by atomic mass is 9.96. The highest BCUT2D eigenvalue weighted by Gasteiger charge is 2.24. The standard InChI is InChI=1S/C15H20S.C9H12/c1-4-15(16-9-5-6-10-16)13(3)14-8-7-12(2)11-14;1-3-9-6-4-8(2)5-7-9/h1,14H,2-3,5-11H2;4-7H,3H2,1-2H3. The summed E-state index contributed by atoms with van der Waals surface area (Å²) in [6.07, 6.45) is 13.0. The Balaban J connectivity index is 0.000000212. The van der Waals surface area contributed by atoms with Crippen LogP contribution in [0.3, 0.4) is 0 Å². The first-order valence-electron chi connectivity index (χ1n) is 9.47. The van der Waals surface area contributed by atoms with Crippen LogP contribution in [-0.2, 0) is 6.42 Å². The van der Waals surface area contributed by atoms with Gasteiger partial charge in [0, 0.05) is 0 Å². The molecule has 0 N–H and O–H groups in total. The topological polar surface area (TPSA) is 0 Å². The first-order chi connectivity index (χ1) is 12.0. The van der Waals surface area contributed by atoms with Crippen molar-refractivity contribution in [1.29, 1.82) is 0 Å². The van der Waals surface area contributed by atoms with Crippen LogP contribution in [-0.4, -0.2) is 16.4 Å². The average molecular weight is 353 g/mol. The fourth-order valence-corrected chi connectivity index (χ4v) is 5.88. The minimum atomic E-state index is 0.349. The Morgan fingerprint density at radius 3 is 2.36 bits per heavy atom. The van der Waals surface area contributed by atoms with E-state index in [9.17, 15) is 0 Å². The van der Waals surface area contributed by atoms with Crippen LogP contribution in [0.2, 0.25) is 0 Å². The van der Waals surface area contributed by atoms with Crippen molar-refractivity contribution in [3.05, 3.63) is 59.7 Å². The van der Waals surface area contributed by atoms with Gasteiger partial charge in [0.2, 0.25) is 0 Å². The molecule has 0 aromatic heterocycles. The van der Waals surface area contributed by atoms with Gasteiger partial charge in [-0.3, -0.25) is 0 Å². The number of aryl methyl sites for hydroxylation is 2. The second-order valence-electron chi connectivity index (χ2n) is 7.14. The molecule has 1 atom stereocenters. The molecule has 25 heavy (non-hydrogen) atoms. The molecule has 1 saturated carbocycles. The number of benzene rings is 1. The fraction of sp³-hybridized carbons (Fsp3) is 0.458. The van der Waals surface area contributed by atoms with E-state index >= 15 is 0 Å². The van der Waals surface area contributed by atoms with Gasteiger partial charge in [-0.25, -0.2) is 0 Å². The summed E-state index contributed by atoms with van der Waals surface area (Å²) < 4.78 is 0. The summed E-state index contributed by atoms with van der Waals surface area (Å²) in [6, 6.07) is 8.66. The van der Waals surface area contributed by atoms with E-state index in [0.717, 1.165) is 19.3 Å². The van der Waals surface area contributed by atoms with E-state index in [0.29, 0.717) is 16.4 Å². The minimum Gasteiger partial charge on any atom is -0.170 e. The van der Waals surface area contributed by atoms with Crippen LogP contribution < -0.4 is 0 Å². The monoisotopic (exact) mass is 352 g/mol. The van der Waals surface area contributed by atoms with Crippen LogP contribution in [0.1, 0.15) is 50.2 Å². The minimum absolute atomic E-state index is 0.349. The van der Waals surface area contributed by atoms with Crippen molar-refractivity contribution in [2.75, 3.05) is 11.5 Å². The molecule has 1 heteroatoms. The fourth-order valence-electron chi connectivity index (χ4n) is 3.46. The number of allylic oxidation sites excluding steroid dienone is 2. The van der Waals surface area contributed by atoms with Crippen molar-refractivity contribution >= 4 is 15.3 Å². The van der Waals surface area contributed by atoms with Crippen LogP contribution in [0, 0.1) is 25.2 Å². The summed E-state index contributed by atoms with van der Waals surface area (Å²) in [4.78, 5) is 1.25. The van der Waals surface area contributed by atoms with E-state index < -0.39 is 0 Å². The summed E-state index contributed by atoms with van der Waals surface area (Å²) in [5.74, 6) is 6.12. The molecule has 1 aromatic rings. The van der Waals surface area contributed by atoms with Gasteiger partial charge in [0.1, 0.15) is 0 Å². The molecule has 0 nitrogen and oxygen atoms in total. The molecule has 3 rings (SSSR count). The van der Waals surface area contributed by atoms with Crippen molar-refractivity contribution in [2.45, 2.75) is 52.4 Å². The van der Waals surface area contributed by atoms with Crippen LogP contribution in [0.25, 0.3) is 0 Å². The van der Waals surface area contributed by atoms with Crippen molar-refractivity contribution in [3.8, 4) is 12.3 Å². The number of rotatable bonds is 3. The highest BCUT2D eigenvalue weighted by atomic mass is 32.2. The van der Waals surface area contributed by atoms with Crippen LogP contribution >= 0.6 is 10.5 Å². The lowest BCUT2D eigenvalue weighted by molar-refractivity contribution is 0.678. The van der Waals surface area contributed by atoms with Crippen LogP contribution in [0.15, 0.2) is 48.6 Å². The average Bonchev–Trinajstić information content (AvgIpc) is 3.29. The number of hydrogen-bond donors (Lipinski definition) is 0. The summed E-state index contributed by atoms with van der Waals surface area (Å²) in [5, 5.41) is 0. The van der Waals surface area contributed by atoms with Gasteiger partial charge in [-0.1, -0.05) is 61.4 Å². The molecule has 0 bridgehead atoms. The van der Waals surface area contributed by atoms with Gasteiger partial charge in [0.05, 0.1) is 4.86 Å². The zero-order valence-corrected chi connectivity index (χ0v) is 16.8. The van der Waals surface area contributed by atoms with E-state index in [1.165, 1.54) is 57.9 Å². The molecule has 1 aromatic carbocycles. The molecule has 0 spiro atoms. The summed E-state index contributed by atoms with van der Waals surface area (Å²) in [5.41, 5.74) is 5.39. The lowest BCUT2D eigenvalue weighted by Gasteiger charge is -2.15. The second-order valence-corrected chi connectivity index (χ2v) is 9.35. The number of hydrogen-bond acceptors (Lipinski definition) is 0. The third-order valence-corrected chi connectivity index (χ3v) is 7.67. The molecule has 1 aliphatic carbocycles. The van der Waals surface area contributed by atoms with Crippen LogP contribution in [0.5, 0.6) is 0 Å². The summed E-state index contributed by atoms with van der Waals surface area (Å²) in [7, 11) is 0.349. The van der Waals surface area contributed by atoms with Gasteiger partial charge in [0.15, 0.2) is 0 Å². The van der Waals surface area contributed by atoms with E-state index in [-0.39, 0.29) is 0 Å². The molecule has 1 aliphatic heterocycles. The maximum absolute atomic E-state index is 5.69. The highest BCUT2D eigenvalue weighted by Crippen LogP contribution is 2.37. The molecular formula is C24H32S. The maximum Gasteiger partial charge on any atom is 0.0508 e. The summed E-state index contributed by atoms with van der Waals surface area (Å²) >= 11 is 0. The smallest absolute Gasteiger partial charge is 0.0508 e. The van der Waals surface area contributed by atoms with Crippen molar-refractivity contribution in [3.63, 3.8) is 0 Å². The van der Waals surface area contributed by atoms with Crippen LogP contribution in [0.4, 0.5) is 0 Å². The normalized spacial score (nSPS) is 19.9. The first kappa shape index (κ1) is 19.8. The van der Waals surface area contributed by atoms with E-state index in [1.54, 1.807) is 0 Å². The zero-order valence-electron chi connectivity index (χ0n) is 15.9. The third kappa shape index (κ3) is 5.75. The van der Waals surface area contributed by atoms with Gasteiger partial charge in [-0.05, 0) is 74.0 Å². The molecular weight excluding hydrogens is 320 g/mol. The second kappa shape index (κ2) is 9.83. The van der Waals surface area contributed by atoms with Crippen molar-refractivity contribution in [1.82, 2.24) is 0 Å².